The Morgan fingerprint density at radius 3 is 2.94 bits per heavy atom. The first-order chi connectivity index (χ1) is 7.67. The van der Waals surface area contributed by atoms with Crippen molar-refractivity contribution in [2.75, 3.05) is 26.3 Å². The highest BCUT2D eigenvalue weighted by Gasteiger charge is 2.24. The monoisotopic (exact) mass is 229 g/mol. The van der Waals surface area contributed by atoms with Crippen molar-refractivity contribution in [3.8, 4) is 0 Å². The molecule has 4 heteroatoms. The molecule has 2 atom stereocenters. The molecule has 94 valence electrons. The summed E-state index contributed by atoms with van der Waals surface area (Å²) in [6, 6.07) is 0.388. The molecule has 1 saturated heterocycles. The maximum atomic E-state index is 11.2. The van der Waals surface area contributed by atoms with Crippen LogP contribution in [0.15, 0.2) is 0 Å². The SMILES string of the molecule is CCC(=O)CCCN1CC(CO)OCC1C. The predicted octanol–water partition coefficient (Wildman–Crippen LogP) is 0.827. The van der Waals surface area contributed by atoms with Crippen molar-refractivity contribution >= 4 is 5.78 Å². The molecule has 1 N–H and O–H groups in total. The first-order valence-electron chi connectivity index (χ1n) is 6.15. The van der Waals surface area contributed by atoms with Crippen LogP contribution in [0, 0.1) is 0 Å². The minimum absolute atomic E-state index is 0.0573. The minimum atomic E-state index is -0.0573. The number of nitrogens with zero attached hydrogens (tertiary/aromatic N) is 1. The summed E-state index contributed by atoms with van der Waals surface area (Å²) in [5.41, 5.74) is 0. The number of aliphatic hydroxyl groups excluding tert-OH is 1. The Kier molecular flexibility index (Phi) is 5.95. The number of Topliss-reactive ketones (excluding diaryl/α,β-unsaturated/α-hetero) is 1. The standard InChI is InChI=1S/C12H23NO3/c1-3-11(15)5-4-6-13-7-12(8-14)16-9-10(13)2/h10,12,14H,3-9H2,1-2H3. The number of aliphatic hydroxyl groups is 1. The maximum Gasteiger partial charge on any atom is 0.132 e. The average Bonchev–Trinajstić information content (AvgIpc) is 2.31. The molecule has 0 aromatic carbocycles. The van der Waals surface area contributed by atoms with Crippen molar-refractivity contribution in [3.63, 3.8) is 0 Å². The molecule has 1 aliphatic heterocycles. The van der Waals surface area contributed by atoms with Gasteiger partial charge < -0.3 is 9.84 Å². The Morgan fingerprint density at radius 1 is 1.56 bits per heavy atom. The number of morpholine rings is 1. The van der Waals surface area contributed by atoms with E-state index in [-0.39, 0.29) is 12.7 Å². The highest BCUT2D eigenvalue weighted by Crippen LogP contribution is 2.12. The Balaban J connectivity index is 2.25. The zero-order valence-corrected chi connectivity index (χ0v) is 10.3. The Hall–Kier alpha value is -0.450. The van der Waals surface area contributed by atoms with Crippen LogP contribution in [0.1, 0.15) is 33.1 Å². The van der Waals surface area contributed by atoms with Crippen molar-refractivity contribution < 1.29 is 14.6 Å². The van der Waals surface area contributed by atoms with E-state index in [4.69, 9.17) is 9.84 Å². The Bertz CT molecular complexity index is 220. The highest BCUT2D eigenvalue weighted by atomic mass is 16.5. The number of carbonyl (C=O) groups is 1. The van der Waals surface area contributed by atoms with E-state index in [1.165, 1.54) is 0 Å². The summed E-state index contributed by atoms with van der Waals surface area (Å²) < 4.78 is 5.46. The summed E-state index contributed by atoms with van der Waals surface area (Å²) in [5, 5.41) is 9.04. The van der Waals surface area contributed by atoms with E-state index in [0.29, 0.717) is 31.3 Å². The molecule has 0 aromatic heterocycles. The number of carbonyl (C=O) groups excluding carboxylic acids is 1. The lowest BCUT2D eigenvalue weighted by molar-refractivity contribution is -0.119. The molecule has 0 aromatic rings. The second kappa shape index (κ2) is 6.99. The summed E-state index contributed by atoms with van der Waals surface area (Å²) >= 11 is 0. The summed E-state index contributed by atoms with van der Waals surface area (Å²) in [7, 11) is 0. The van der Waals surface area contributed by atoms with Crippen LogP contribution in [0.4, 0.5) is 0 Å². The van der Waals surface area contributed by atoms with Gasteiger partial charge in [-0.05, 0) is 19.9 Å². The lowest BCUT2D eigenvalue weighted by Crippen LogP contribution is -2.49. The molecule has 1 fully saturated rings. The normalized spacial score (nSPS) is 26.9. The second-order valence-corrected chi connectivity index (χ2v) is 4.48. The number of hydrogen-bond acceptors (Lipinski definition) is 4. The third kappa shape index (κ3) is 4.20. The fraction of sp³-hybridized carbons (Fsp3) is 0.917. The molecule has 16 heavy (non-hydrogen) atoms. The summed E-state index contributed by atoms with van der Waals surface area (Å²) in [6.45, 7) is 6.48. The van der Waals surface area contributed by atoms with E-state index in [1.807, 2.05) is 6.92 Å². The van der Waals surface area contributed by atoms with Gasteiger partial charge in [-0.25, -0.2) is 0 Å². The summed E-state index contributed by atoms with van der Waals surface area (Å²) in [5.74, 6) is 0.333. The number of rotatable bonds is 6. The predicted molar refractivity (Wildman–Crippen MR) is 62.4 cm³/mol. The number of hydrogen-bond donors (Lipinski definition) is 1. The van der Waals surface area contributed by atoms with Crippen LogP contribution in [0.25, 0.3) is 0 Å². The van der Waals surface area contributed by atoms with Crippen LogP contribution in [-0.2, 0) is 9.53 Å². The molecule has 0 radical (unpaired) electrons. The van der Waals surface area contributed by atoms with Crippen LogP contribution in [0.2, 0.25) is 0 Å². The lowest BCUT2D eigenvalue weighted by atomic mass is 10.1. The van der Waals surface area contributed by atoms with Gasteiger partial charge in [-0.15, -0.1) is 0 Å². The lowest BCUT2D eigenvalue weighted by Gasteiger charge is -2.37. The third-order valence-corrected chi connectivity index (χ3v) is 3.13. The van der Waals surface area contributed by atoms with Crippen LogP contribution in [-0.4, -0.2) is 54.2 Å². The molecular formula is C12H23NO3. The summed E-state index contributed by atoms with van der Waals surface area (Å²) in [4.78, 5) is 13.5. The Morgan fingerprint density at radius 2 is 2.31 bits per heavy atom. The van der Waals surface area contributed by atoms with Gasteiger partial charge in [-0.2, -0.15) is 0 Å². The third-order valence-electron chi connectivity index (χ3n) is 3.13. The van der Waals surface area contributed by atoms with Crippen LogP contribution in [0.3, 0.4) is 0 Å². The van der Waals surface area contributed by atoms with E-state index in [0.717, 1.165) is 19.5 Å². The van der Waals surface area contributed by atoms with Gasteiger partial charge in [-0.3, -0.25) is 9.69 Å². The van der Waals surface area contributed by atoms with Crippen LogP contribution in [0.5, 0.6) is 0 Å². The second-order valence-electron chi connectivity index (χ2n) is 4.48. The van der Waals surface area contributed by atoms with Crippen molar-refractivity contribution in [1.82, 2.24) is 4.90 Å². The van der Waals surface area contributed by atoms with E-state index >= 15 is 0 Å². The van der Waals surface area contributed by atoms with Gasteiger partial charge in [0, 0.05) is 25.4 Å². The van der Waals surface area contributed by atoms with E-state index in [2.05, 4.69) is 11.8 Å². The maximum absolute atomic E-state index is 11.2. The Labute approximate surface area is 97.6 Å². The van der Waals surface area contributed by atoms with Gasteiger partial charge in [0.2, 0.25) is 0 Å². The van der Waals surface area contributed by atoms with Crippen molar-refractivity contribution in [1.29, 1.82) is 0 Å². The first-order valence-corrected chi connectivity index (χ1v) is 6.15. The molecule has 0 bridgehead atoms. The molecule has 1 heterocycles. The van der Waals surface area contributed by atoms with E-state index in [9.17, 15) is 4.79 Å². The molecule has 0 spiro atoms. The van der Waals surface area contributed by atoms with Crippen LogP contribution >= 0.6 is 0 Å². The highest BCUT2D eigenvalue weighted by molar-refractivity contribution is 5.77. The van der Waals surface area contributed by atoms with Crippen molar-refractivity contribution in [3.05, 3.63) is 0 Å². The minimum Gasteiger partial charge on any atom is -0.394 e. The van der Waals surface area contributed by atoms with Gasteiger partial charge in [0.15, 0.2) is 0 Å². The fourth-order valence-corrected chi connectivity index (χ4v) is 1.95. The topological polar surface area (TPSA) is 49.8 Å². The average molecular weight is 229 g/mol. The quantitative estimate of drug-likeness (QED) is 0.733. The van der Waals surface area contributed by atoms with Crippen LogP contribution < -0.4 is 0 Å². The van der Waals surface area contributed by atoms with E-state index < -0.39 is 0 Å². The smallest absolute Gasteiger partial charge is 0.132 e. The number of ether oxygens (including phenoxy) is 1. The molecule has 0 amide bonds. The zero-order valence-electron chi connectivity index (χ0n) is 10.3. The molecular weight excluding hydrogens is 206 g/mol. The molecule has 4 nitrogen and oxygen atoms in total. The molecule has 2 unspecified atom stereocenters. The first kappa shape index (κ1) is 13.6. The fourth-order valence-electron chi connectivity index (χ4n) is 1.95. The van der Waals surface area contributed by atoms with Crippen molar-refractivity contribution in [2.45, 2.75) is 45.3 Å². The molecule has 1 aliphatic rings. The van der Waals surface area contributed by atoms with E-state index in [1.54, 1.807) is 0 Å². The summed E-state index contributed by atoms with van der Waals surface area (Å²) in [6.07, 6.45) is 2.16. The molecule has 0 aliphatic carbocycles. The zero-order chi connectivity index (χ0) is 12.0. The largest absolute Gasteiger partial charge is 0.394 e. The van der Waals surface area contributed by atoms with Gasteiger partial charge in [0.1, 0.15) is 5.78 Å². The van der Waals surface area contributed by atoms with Gasteiger partial charge in [-0.1, -0.05) is 6.92 Å². The molecule has 0 saturated carbocycles. The molecule has 1 rings (SSSR count). The number of ketones is 1. The van der Waals surface area contributed by atoms with Gasteiger partial charge >= 0.3 is 0 Å². The van der Waals surface area contributed by atoms with Gasteiger partial charge in [0.05, 0.1) is 19.3 Å². The van der Waals surface area contributed by atoms with Crippen molar-refractivity contribution in [2.24, 2.45) is 0 Å². The van der Waals surface area contributed by atoms with Gasteiger partial charge in [0.25, 0.3) is 0 Å².